The van der Waals surface area contributed by atoms with Gasteiger partial charge >= 0.3 is 5.97 Å². The number of pyridine rings is 1. The van der Waals surface area contributed by atoms with Crippen LogP contribution in [0.25, 0.3) is 0 Å². The van der Waals surface area contributed by atoms with E-state index < -0.39 is 16.0 Å². The van der Waals surface area contributed by atoms with Crippen LogP contribution in [0.1, 0.15) is 30.1 Å². The van der Waals surface area contributed by atoms with Gasteiger partial charge in [-0.25, -0.2) is 18.2 Å². The van der Waals surface area contributed by atoms with Crippen LogP contribution >= 0.6 is 0 Å². The van der Waals surface area contributed by atoms with Gasteiger partial charge in [0.1, 0.15) is 5.82 Å². The minimum absolute atomic E-state index is 0.0595. The first kappa shape index (κ1) is 14.4. The van der Waals surface area contributed by atoms with Gasteiger partial charge in [0.2, 0.25) is 10.0 Å². The average Bonchev–Trinajstić information content (AvgIpc) is 2.36. The molecule has 0 fully saturated rings. The van der Waals surface area contributed by atoms with E-state index in [2.05, 4.69) is 14.4 Å². The molecule has 6 nitrogen and oxygen atoms in total. The van der Waals surface area contributed by atoms with Crippen LogP contribution in [-0.4, -0.2) is 32.2 Å². The van der Waals surface area contributed by atoms with Crippen LogP contribution in [0.2, 0.25) is 0 Å². The molecule has 0 bridgehead atoms. The number of carbonyl (C=O) groups excluding carboxylic acids is 1. The van der Waals surface area contributed by atoms with Crippen molar-refractivity contribution >= 4 is 21.8 Å². The summed E-state index contributed by atoms with van der Waals surface area (Å²) in [7, 11) is -2.10. The van der Waals surface area contributed by atoms with Gasteiger partial charge in [-0.15, -0.1) is 0 Å². The van der Waals surface area contributed by atoms with Crippen molar-refractivity contribution in [2.24, 2.45) is 0 Å². The van der Waals surface area contributed by atoms with Crippen molar-refractivity contribution < 1.29 is 17.9 Å². The summed E-state index contributed by atoms with van der Waals surface area (Å²) in [5.41, 5.74) is 0.272. The van der Waals surface area contributed by atoms with Gasteiger partial charge < -0.3 is 4.74 Å². The highest BCUT2D eigenvalue weighted by atomic mass is 32.2. The maximum absolute atomic E-state index is 11.6. The van der Waals surface area contributed by atoms with Crippen LogP contribution in [0, 0.1) is 0 Å². The lowest BCUT2D eigenvalue weighted by molar-refractivity contribution is 0.0600. The Balaban J connectivity index is 2.72. The molecule has 1 aromatic rings. The van der Waals surface area contributed by atoms with Crippen LogP contribution in [0.4, 0.5) is 5.82 Å². The Kier molecular flexibility index (Phi) is 5.08. The zero-order valence-electron chi connectivity index (χ0n) is 10.3. The molecule has 1 heterocycles. The summed E-state index contributed by atoms with van der Waals surface area (Å²) < 4.78 is 30.0. The second kappa shape index (κ2) is 6.34. The van der Waals surface area contributed by atoms with Crippen molar-refractivity contribution in [2.75, 3.05) is 17.6 Å². The fourth-order valence-electron chi connectivity index (χ4n) is 1.24. The van der Waals surface area contributed by atoms with Gasteiger partial charge in [-0.05, 0) is 18.6 Å². The quantitative estimate of drug-likeness (QED) is 0.791. The van der Waals surface area contributed by atoms with Crippen molar-refractivity contribution in [3.63, 3.8) is 0 Å². The highest BCUT2D eigenvalue weighted by molar-refractivity contribution is 7.92. The molecule has 0 aliphatic rings. The fraction of sp³-hybridized carbons (Fsp3) is 0.455. The third kappa shape index (κ3) is 4.33. The van der Waals surface area contributed by atoms with Crippen molar-refractivity contribution in [3.05, 3.63) is 23.9 Å². The zero-order chi connectivity index (χ0) is 13.6. The van der Waals surface area contributed by atoms with Crippen LogP contribution in [0.15, 0.2) is 18.3 Å². The molecule has 0 spiro atoms. The van der Waals surface area contributed by atoms with Crippen molar-refractivity contribution in [3.8, 4) is 0 Å². The van der Waals surface area contributed by atoms with Gasteiger partial charge in [0, 0.05) is 6.20 Å². The Labute approximate surface area is 106 Å². The van der Waals surface area contributed by atoms with Gasteiger partial charge in [-0.3, -0.25) is 4.72 Å². The predicted octanol–water partition coefficient (Wildman–Crippen LogP) is 1.41. The normalized spacial score (nSPS) is 11.0. The summed E-state index contributed by atoms with van der Waals surface area (Å²) in [6.45, 7) is 1.92. The highest BCUT2D eigenvalue weighted by Gasteiger charge is 2.11. The maximum Gasteiger partial charge on any atom is 0.339 e. The molecule has 1 aromatic heterocycles. The van der Waals surface area contributed by atoms with Crippen LogP contribution in [0.5, 0.6) is 0 Å². The monoisotopic (exact) mass is 272 g/mol. The number of unbranched alkanes of at least 4 members (excludes halogenated alkanes) is 1. The number of esters is 1. The van der Waals surface area contributed by atoms with Crippen LogP contribution in [0.3, 0.4) is 0 Å². The predicted molar refractivity (Wildman–Crippen MR) is 67.9 cm³/mol. The fourth-order valence-corrected chi connectivity index (χ4v) is 2.45. The number of methoxy groups -OCH3 is 1. The summed E-state index contributed by atoms with van der Waals surface area (Å²) >= 11 is 0. The Morgan fingerprint density at radius 1 is 1.44 bits per heavy atom. The third-order valence-corrected chi connectivity index (χ3v) is 3.56. The Morgan fingerprint density at radius 2 is 2.17 bits per heavy atom. The average molecular weight is 272 g/mol. The molecule has 1 N–H and O–H groups in total. The largest absolute Gasteiger partial charge is 0.465 e. The Morgan fingerprint density at radius 3 is 2.67 bits per heavy atom. The van der Waals surface area contributed by atoms with E-state index in [1.165, 1.54) is 25.4 Å². The molecular weight excluding hydrogens is 256 g/mol. The van der Waals surface area contributed by atoms with E-state index in [0.29, 0.717) is 6.42 Å². The summed E-state index contributed by atoms with van der Waals surface area (Å²) in [6.07, 6.45) is 2.66. The van der Waals surface area contributed by atoms with Gasteiger partial charge in [0.25, 0.3) is 0 Å². The van der Waals surface area contributed by atoms with E-state index in [1.807, 2.05) is 6.92 Å². The standard InChI is InChI=1S/C11H16N2O4S/c1-3-4-7-18(15,16)13-10-6-5-9(8-12-10)11(14)17-2/h5-6,8H,3-4,7H2,1-2H3,(H,12,13). The minimum Gasteiger partial charge on any atom is -0.465 e. The maximum atomic E-state index is 11.6. The lowest BCUT2D eigenvalue weighted by Crippen LogP contribution is -2.17. The van der Waals surface area contributed by atoms with Crippen molar-refractivity contribution in [2.45, 2.75) is 19.8 Å². The molecule has 1 rings (SSSR count). The van der Waals surface area contributed by atoms with Crippen LogP contribution in [-0.2, 0) is 14.8 Å². The number of rotatable bonds is 6. The zero-order valence-corrected chi connectivity index (χ0v) is 11.2. The van der Waals surface area contributed by atoms with E-state index in [1.54, 1.807) is 0 Å². The minimum atomic E-state index is -3.36. The third-order valence-electron chi connectivity index (χ3n) is 2.21. The Hall–Kier alpha value is -1.63. The number of nitrogens with one attached hydrogen (secondary N) is 1. The first-order chi connectivity index (χ1) is 8.48. The lowest BCUT2D eigenvalue weighted by Gasteiger charge is -2.06. The second-order valence-electron chi connectivity index (χ2n) is 3.70. The number of hydrogen-bond donors (Lipinski definition) is 1. The molecule has 0 radical (unpaired) electrons. The number of carbonyl (C=O) groups is 1. The molecule has 0 aliphatic carbocycles. The molecule has 0 amide bonds. The number of ether oxygens (including phenoxy) is 1. The molecule has 0 saturated heterocycles. The van der Waals surface area contributed by atoms with Crippen molar-refractivity contribution in [1.82, 2.24) is 4.98 Å². The lowest BCUT2D eigenvalue weighted by atomic mass is 10.3. The summed E-state index contributed by atoms with van der Waals surface area (Å²) in [6, 6.07) is 2.88. The highest BCUT2D eigenvalue weighted by Crippen LogP contribution is 2.09. The summed E-state index contributed by atoms with van der Waals surface area (Å²) in [5, 5.41) is 0. The van der Waals surface area contributed by atoms with Gasteiger partial charge in [-0.2, -0.15) is 0 Å². The molecule has 100 valence electrons. The molecule has 0 saturated carbocycles. The van der Waals surface area contributed by atoms with E-state index in [4.69, 9.17) is 0 Å². The molecule has 18 heavy (non-hydrogen) atoms. The van der Waals surface area contributed by atoms with Gasteiger partial charge in [0.15, 0.2) is 0 Å². The molecule has 0 unspecified atom stereocenters. The molecule has 0 aliphatic heterocycles. The SMILES string of the molecule is CCCCS(=O)(=O)Nc1ccc(C(=O)OC)cn1. The van der Waals surface area contributed by atoms with Crippen molar-refractivity contribution in [1.29, 1.82) is 0 Å². The second-order valence-corrected chi connectivity index (χ2v) is 5.54. The number of aromatic nitrogens is 1. The summed E-state index contributed by atoms with van der Waals surface area (Å²) in [4.78, 5) is 15.0. The summed E-state index contributed by atoms with van der Waals surface area (Å²) in [5.74, 6) is -0.258. The first-order valence-electron chi connectivity index (χ1n) is 5.53. The van der Waals surface area contributed by atoms with E-state index >= 15 is 0 Å². The smallest absolute Gasteiger partial charge is 0.339 e. The number of sulfonamides is 1. The molecule has 0 aromatic carbocycles. The molecule has 0 atom stereocenters. The Bertz CT molecular complexity index is 496. The molecule has 7 heteroatoms. The molecular formula is C11H16N2O4S. The van der Waals surface area contributed by atoms with E-state index in [0.717, 1.165) is 6.42 Å². The topological polar surface area (TPSA) is 85.4 Å². The van der Waals surface area contributed by atoms with Gasteiger partial charge in [0.05, 0.1) is 18.4 Å². The first-order valence-corrected chi connectivity index (χ1v) is 7.18. The number of nitrogens with zero attached hydrogens (tertiary/aromatic N) is 1. The van der Waals surface area contributed by atoms with Gasteiger partial charge in [-0.1, -0.05) is 13.3 Å². The van der Waals surface area contributed by atoms with Crippen LogP contribution < -0.4 is 4.72 Å². The van der Waals surface area contributed by atoms with E-state index in [-0.39, 0.29) is 17.1 Å². The number of hydrogen-bond acceptors (Lipinski definition) is 5. The van der Waals surface area contributed by atoms with E-state index in [9.17, 15) is 13.2 Å². The number of anilines is 1.